The van der Waals surface area contributed by atoms with Crippen molar-refractivity contribution < 1.29 is 4.79 Å². The van der Waals surface area contributed by atoms with Gasteiger partial charge in [0.1, 0.15) is 5.82 Å². The molecule has 3 aromatic rings. The van der Waals surface area contributed by atoms with E-state index in [1.807, 2.05) is 46.8 Å². The maximum absolute atomic E-state index is 12.9. The Labute approximate surface area is 207 Å². The molecule has 5 rings (SSSR count). The van der Waals surface area contributed by atoms with Gasteiger partial charge in [-0.1, -0.05) is 39.0 Å². The Morgan fingerprint density at radius 2 is 1.71 bits per heavy atom. The highest BCUT2D eigenvalue weighted by Crippen LogP contribution is 2.41. The van der Waals surface area contributed by atoms with Gasteiger partial charge in [-0.2, -0.15) is 0 Å². The highest BCUT2D eigenvalue weighted by Gasteiger charge is 2.40. The van der Waals surface area contributed by atoms with Crippen LogP contribution >= 0.6 is 0 Å². The second-order valence-corrected chi connectivity index (χ2v) is 11.7. The molecule has 2 aromatic heterocycles. The van der Waals surface area contributed by atoms with Crippen LogP contribution in [0.4, 0.5) is 5.82 Å². The van der Waals surface area contributed by atoms with Crippen LogP contribution in [0, 0.1) is 10.8 Å². The largest absolute Gasteiger partial charge is 0.356 e. The number of amides is 1. The molecular formula is C28H37N5O2. The van der Waals surface area contributed by atoms with Gasteiger partial charge in [-0.25, -0.2) is 9.78 Å². The smallest absolute Gasteiger partial charge is 0.330 e. The quantitative estimate of drug-likeness (QED) is 0.567. The Balaban J connectivity index is 1.33. The van der Waals surface area contributed by atoms with Gasteiger partial charge >= 0.3 is 5.69 Å². The zero-order valence-corrected chi connectivity index (χ0v) is 21.5. The first-order valence-electron chi connectivity index (χ1n) is 12.8. The summed E-state index contributed by atoms with van der Waals surface area (Å²) < 4.78 is 3.53. The van der Waals surface area contributed by atoms with Crippen molar-refractivity contribution in [3.05, 3.63) is 58.5 Å². The number of carbonyl (C=O) groups excluding carboxylic acids is 1. The molecule has 2 saturated heterocycles. The van der Waals surface area contributed by atoms with Gasteiger partial charge in [-0.15, -0.1) is 0 Å². The first-order chi connectivity index (χ1) is 16.7. The van der Waals surface area contributed by atoms with Crippen molar-refractivity contribution in [2.75, 3.05) is 31.1 Å². The number of fused-ring (bicyclic) bond motifs is 1. The first kappa shape index (κ1) is 23.6. The van der Waals surface area contributed by atoms with Crippen LogP contribution < -0.4 is 10.6 Å². The number of pyridine rings is 1. The van der Waals surface area contributed by atoms with Crippen molar-refractivity contribution in [1.82, 2.24) is 19.0 Å². The molecule has 1 spiro atoms. The number of aryl methyl sites for hydroxylation is 1. The van der Waals surface area contributed by atoms with E-state index in [2.05, 4.69) is 37.8 Å². The van der Waals surface area contributed by atoms with Gasteiger partial charge in [0.2, 0.25) is 0 Å². The van der Waals surface area contributed by atoms with Gasteiger partial charge < -0.3 is 9.80 Å². The summed E-state index contributed by atoms with van der Waals surface area (Å²) in [4.78, 5) is 35.2. The molecule has 1 amide bonds. The van der Waals surface area contributed by atoms with Crippen LogP contribution in [0.15, 0.2) is 47.3 Å². The minimum Gasteiger partial charge on any atom is -0.356 e. The molecule has 2 aliphatic rings. The average Bonchev–Trinajstić information content (AvgIpc) is 3.08. The maximum Gasteiger partial charge on any atom is 0.330 e. The number of carbonyl (C=O) groups is 1. The number of piperidine rings is 2. The number of benzene rings is 1. The van der Waals surface area contributed by atoms with Crippen molar-refractivity contribution in [2.45, 2.75) is 53.0 Å². The molecule has 0 bridgehead atoms. The Morgan fingerprint density at radius 1 is 1.00 bits per heavy atom. The fraction of sp³-hybridized carbons (Fsp3) is 0.536. The van der Waals surface area contributed by atoms with Gasteiger partial charge in [0.25, 0.3) is 5.91 Å². The summed E-state index contributed by atoms with van der Waals surface area (Å²) in [5.41, 5.74) is 2.63. The minimum atomic E-state index is -0.00913. The van der Waals surface area contributed by atoms with Crippen LogP contribution in [-0.4, -0.2) is 51.1 Å². The summed E-state index contributed by atoms with van der Waals surface area (Å²) in [5, 5.41) is 0. The highest BCUT2D eigenvalue weighted by molar-refractivity contribution is 5.94. The molecule has 186 valence electrons. The van der Waals surface area contributed by atoms with E-state index in [0.717, 1.165) is 68.0 Å². The second kappa shape index (κ2) is 8.85. The van der Waals surface area contributed by atoms with Crippen LogP contribution in [-0.2, 0) is 13.6 Å². The number of rotatable bonds is 3. The Kier molecular flexibility index (Phi) is 5.98. The first-order valence-corrected chi connectivity index (χ1v) is 12.8. The SMILES string of the molecule is Cn1c(=O)n(CC(C)(C)C)c2ccc(N3CCCC4(CCN(C(=O)c5ccccc5)CC4)C3)nc21. The Hall–Kier alpha value is -3.09. The molecule has 4 heterocycles. The molecule has 1 aromatic carbocycles. The number of likely N-dealkylation sites (tertiary alicyclic amines) is 1. The Bertz CT molecular complexity index is 1280. The van der Waals surface area contributed by atoms with Crippen molar-refractivity contribution in [2.24, 2.45) is 17.9 Å². The van der Waals surface area contributed by atoms with Crippen molar-refractivity contribution in [1.29, 1.82) is 0 Å². The Morgan fingerprint density at radius 3 is 2.40 bits per heavy atom. The van der Waals surface area contributed by atoms with Gasteiger partial charge in [0.15, 0.2) is 5.65 Å². The van der Waals surface area contributed by atoms with E-state index in [0.29, 0.717) is 6.54 Å². The van der Waals surface area contributed by atoms with E-state index in [-0.39, 0.29) is 22.4 Å². The third-order valence-corrected chi connectivity index (χ3v) is 7.72. The molecule has 0 N–H and O–H groups in total. The van der Waals surface area contributed by atoms with Crippen LogP contribution in [0.1, 0.15) is 56.8 Å². The van der Waals surface area contributed by atoms with Gasteiger partial charge in [0, 0.05) is 45.3 Å². The molecular weight excluding hydrogens is 438 g/mol. The van der Waals surface area contributed by atoms with Gasteiger partial charge in [-0.05, 0) is 60.8 Å². The molecule has 0 unspecified atom stereocenters. The fourth-order valence-corrected chi connectivity index (χ4v) is 5.83. The molecule has 0 saturated carbocycles. The van der Waals surface area contributed by atoms with Crippen molar-refractivity contribution in [3.8, 4) is 0 Å². The lowest BCUT2D eigenvalue weighted by atomic mass is 9.72. The second-order valence-electron chi connectivity index (χ2n) is 11.7. The predicted octanol–water partition coefficient (Wildman–Crippen LogP) is 4.30. The van der Waals surface area contributed by atoms with E-state index in [9.17, 15) is 9.59 Å². The molecule has 0 radical (unpaired) electrons. The van der Waals surface area contributed by atoms with E-state index in [4.69, 9.17) is 4.98 Å². The number of aromatic nitrogens is 3. The lowest BCUT2D eigenvalue weighted by Gasteiger charge is -2.48. The topological polar surface area (TPSA) is 63.4 Å². The molecule has 0 atom stereocenters. The number of nitrogens with zero attached hydrogens (tertiary/aromatic N) is 5. The van der Waals surface area contributed by atoms with Crippen LogP contribution in [0.5, 0.6) is 0 Å². The molecule has 7 nitrogen and oxygen atoms in total. The zero-order valence-electron chi connectivity index (χ0n) is 21.5. The highest BCUT2D eigenvalue weighted by atomic mass is 16.2. The van der Waals surface area contributed by atoms with E-state index in [1.54, 1.807) is 4.57 Å². The molecule has 7 heteroatoms. The summed E-state index contributed by atoms with van der Waals surface area (Å²) in [5.74, 6) is 1.09. The standard InChI is InChI=1S/C28H37N5O2/c1-27(2,3)19-33-22-11-12-23(29-24(22)30(4)26(33)35)32-16-8-13-28(20-32)14-17-31(18-15-28)25(34)21-9-6-5-7-10-21/h5-7,9-12H,8,13-20H2,1-4H3. The maximum atomic E-state index is 12.9. The van der Waals surface area contributed by atoms with E-state index >= 15 is 0 Å². The van der Waals surface area contributed by atoms with Gasteiger partial charge in [-0.3, -0.25) is 13.9 Å². The third-order valence-electron chi connectivity index (χ3n) is 7.72. The lowest BCUT2D eigenvalue weighted by Crippen LogP contribution is -2.51. The molecule has 2 fully saturated rings. The van der Waals surface area contributed by atoms with Crippen molar-refractivity contribution in [3.63, 3.8) is 0 Å². The van der Waals surface area contributed by atoms with E-state index < -0.39 is 0 Å². The summed E-state index contributed by atoms with van der Waals surface area (Å²) >= 11 is 0. The summed E-state index contributed by atoms with van der Waals surface area (Å²) in [6.45, 7) is 10.6. The lowest BCUT2D eigenvalue weighted by molar-refractivity contribution is 0.0540. The molecule has 0 aliphatic carbocycles. The molecule has 35 heavy (non-hydrogen) atoms. The zero-order chi connectivity index (χ0) is 24.8. The number of anilines is 1. The van der Waals surface area contributed by atoms with Crippen LogP contribution in [0.2, 0.25) is 0 Å². The predicted molar refractivity (Wildman–Crippen MR) is 140 cm³/mol. The summed E-state index contributed by atoms with van der Waals surface area (Å²) in [6.07, 6.45) is 4.35. The van der Waals surface area contributed by atoms with Gasteiger partial charge in [0.05, 0.1) is 5.52 Å². The normalized spacial score (nSPS) is 18.4. The van der Waals surface area contributed by atoms with E-state index in [1.165, 1.54) is 6.42 Å². The monoisotopic (exact) mass is 475 g/mol. The van der Waals surface area contributed by atoms with Crippen LogP contribution in [0.25, 0.3) is 11.2 Å². The minimum absolute atomic E-state index is 0.00674. The summed E-state index contributed by atoms with van der Waals surface area (Å²) in [6, 6.07) is 13.7. The fourth-order valence-electron chi connectivity index (χ4n) is 5.83. The number of hydrogen-bond donors (Lipinski definition) is 0. The number of imidazole rings is 1. The molecule has 2 aliphatic heterocycles. The third kappa shape index (κ3) is 4.60. The average molecular weight is 476 g/mol. The summed E-state index contributed by atoms with van der Waals surface area (Å²) in [7, 11) is 1.82. The van der Waals surface area contributed by atoms with Crippen LogP contribution in [0.3, 0.4) is 0 Å². The number of hydrogen-bond acceptors (Lipinski definition) is 4. The van der Waals surface area contributed by atoms with Crippen molar-refractivity contribution >= 4 is 22.9 Å².